The number of hydrogen-bond donors (Lipinski definition) is 1. The summed E-state index contributed by atoms with van der Waals surface area (Å²) in [6.45, 7) is 0.694. The molecule has 0 fully saturated rings. The minimum absolute atomic E-state index is 0.263. The zero-order valence-corrected chi connectivity index (χ0v) is 14.3. The molecule has 0 aliphatic rings. The van der Waals surface area contributed by atoms with Crippen molar-refractivity contribution in [2.24, 2.45) is 0 Å². The van der Waals surface area contributed by atoms with Gasteiger partial charge in [0.25, 0.3) is 0 Å². The Hall–Kier alpha value is -2.43. The van der Waals surface area contributed by atoms with E-state index in [-0.39, 0.29) is 5.28 Å². The number of rotatable bonds is 4. The maximum absolute atomic E-state index is 6.11. The van der Waals surface area contributed by atoms with Gasteiger partial charge >= 0.3 is 0 Å². The minimum Gasteiger partial charge on any atom is -0.365 e. The molecule has 2 aromatic heterocycles. The van der Waals surface area contributed by atoms with Crippen molar-refractivity contribution in [3.63, 3.8) is 0 Å². The first-order valence-corrected chi connectivity index (χ1v) is 8.79. The molecule has 5 heteroatoms. The zero-order chi connectivity index (χ0) is 16.4. The first kappa shape index (κ1) is 15.1. The van der Waals surface area contributed by atoms with E-state index in [9.17, 15) is 0 Å². The first-order valence-electron chi connectivity index (χ1n) is 7.60. The van der Waals surface area contributed by atoms with Gasteiger partial charge in [-0.25, -0.2) is 9.97 Å². The van der Waals surface area contributed by atoms with Crippen LogP contribution in [-0.4, -0.2) is 9.97 Å². The molecule has 0 atom stereocenters. The number of benzene rings is 2. The molecule has 0 amide bonds. The molecule has 0 aliphatic heterocycles. The highest BCUT2D eigenvalue weighted by Gasteiger charge is 2.12. The van der Waals surface area contributed by atoms with Gasteiger partial charge in [0.15, 0.2) is 0 Å². The maximum atomic E-state index is 6.11. The Bertz CT molecular complexity index is 968. The van der Waals surface area contributed by atoms with Crippen LogP contribution < -0.4 is 5.32 Å². The lowest BCUT2D eigenvalue weighted by atomic mass is 10.2. The third kappa shape index (κ3) is 3.11. The lowest BCUT2D eigenvalue weighted by Gasteiger charge is -2.07. The number of aromatic nitrogens is 2. The monoisotopic (exact) mass is 351 g/mol. The smallest absolute Gasteiger partial charge is 0.225 e. The summed E-state index contributed by atoms with van der Waals surface area (Å²) in [5.41, 5.74) is 2.37. The van der Waals surface area contributed by atoms with Crippen molar-refractivity contribution < 1.29 is 0 Å². The van der Waals surface area contributed by atoms with Gasteiger partial charge in [0.2, 0.25) is 5.28 Å². The molecule has 0 aliphatic carbocycles. The molecule has 4 rings (SSSR count). The fourth-order valence-corrected chi connectivity index (χ4v) is 3.81. The molecule has 2 aromatic carbocycles. The summed E-state index contributed by atoms with van der Waals surface area (Å²) in [5, 5.41) is 4.64. The second kappa shape index (κ2) is 6.59. The van der Waals surface area contributed by atoms with Crippen molar-refractivity contribution in [2.45, 2.75) is 6.54 Å². The highest BCUT2D eigenvalue weighted by atomic mass is 35.5. The lowest BCUT2D eigenvalue weighted by molar-refractivity contribution is 1.11. The van der Waals surface area contributed by atoms with Gasteiger partial charge in [0, 0.05) is 11.4 Å². The van der Waals surface area contributed by atoms with E-state index in [1.807, 2.05) is 36.4 Å². The van der Waals surface area contributed by atoms with Crippen molar-refractivity contribution in [3.05, 3.63) is 77.6 Å². The second-order valence-corrected chi connectivity index (χ2v) is 6.74. The van der Waals surface area contributed by atoms with Gasteiger partial charge < -0.3 is 5.32 Å². The predicted molar refractivity (Wildman–Crippen MR) is 102 cm³/mol. The number of halogens is 1. The van der Waals surface area contributed by atoms with Crippen LogP contribution in [0.5, 0.6) is 0 Å². The SMILES string of the molecule is Clc1nc(NCc2ccccc2)c2cc(-c3ccccc3)sc2n1. The summed E-state index contributed by atoms with van der Waals surface area (Å²) in [5.74, 6) is 0.771. The van der Waals surface area contributed by atoms with Crippen molar-refractivity contribution in [1.29, 1.82) is 0 Å². The topological polar surface area (TPSA) is 37.8 Å². The zero-order valence-electron chi connectivity index (χ0n) is 12.7. The highest BCUT2D eigenvalue weighted by Crippen LogP contribution is 2.36. The molecule has 2 heterocycles. The Labute approximate surface area is 149 Å². The van der Waals surface area contributed by atoms with E-state index in [0.717, 1.165) is 20.9 Å². The highest BCUT2D eigenvalue weighted by molar-refractivity contribution is 7.22. The molecule has 0 bridgehead atoms. The fraction of sp³-hybridized carbons (Fsp3) is 0.0526. The van der Waals surface area contributed by atoms with Gasteiger partial charge in [0.1, 0.15) is 10.6 Å². The molecular formula is C19H14ClN3S. The van der Waals surface area contributed by atoms with E-state index in [0.29, 0.717) is 6.54 Å². The van der Waals surface area contributed by atoms with E-state index in [1.54, 1.807) is 11.3 Å². The van der Waals surface area contributed by atoms with Crippen LogP contribution in [0.3, 0.4) is 0 Å². The number of hydrogen-bond acceptors (Lipinski definition) is 4. The maximum Gasteiger partial charge on any atom is 0.225 e. The molecule has 0 unspecified atom stereocenters. The Balaban J connectivity index is 1.71. The van der Waals surface area contributed by atoms with Crippen LogP contribution >= 0.6 is 22.9 Å². The standard InChI is InChI=1S/C19H14ClN3S/c20-19-22-17(21-12-13-7-3-1-4-8-13)15-11-16(24-18(15)23-19)14-9-5-2-6-10-14/h1-11H,12H2,(H,21,22,23). The third-order valence-corrected chi connectivity index (χ3v) is 4.97. The number of anilines is 1. The quantitative estimate of drug-likeness (QED) is 0.484. The molecule has 0 spiro atoms. The minimum atomic E-state index is 0.263. The summed E-state index contributed by atoms with van der Waals surface area (Å²) < 4.78 is 0. The average molecular weight is 352 g/mol. The van der Waals surface area contributed by atoms with Crippen molar-refractivity contribution >= 4 is 39.0 Å². The van der Waals surface area contributed by atoms with Crippen LogP contribution in [0.1, 0.15) is 5.56 Å². The van der Waals surface area contributed by atoms with Crippen LogP contribution in [-0.2, 0) is 6.54 Å². The summed E-state index contributed by atoms with van der Waals surface area (Å²) >= 11 is 7.73. The van der Waals surface area contributed by atoms with E-state index >= 15 is 0 Å². The van der Waals surface area contributed by atoms with E-state index < -0.39 is 0 Å². The molecule has 1 N–H and O–H groups in total. The van der Waals surface area contributed by atoms with E-state index in [2.05, 4.69) is 45.6 Å². The Morgan fingerprint density at radius 2 is 1.62 bits per heavy atom. The molecule has 0 radical (unpaired) electrons. The average Bonchev–Trinajstić information content (AvgIpc) is 3.05. The normalized spacial score (nSPS) is 10.9. The van der Waals surface area contributed by atoms with Gasteiger partial charge in [-0.1, -0.05) is 60.7 Å². The van der Waals surface area contributed by atoms with E-state index in [4.69, 9.17) is 11.6 Å². The largest absolute Gasteiger partial charge is 0.365 e. The molecule has 4 aromatic rings. The number of nitrogens with zero attached hydrogens (tertiary/aromatic N) is 2. The Kier molecular flexibility index (Phi) is 4.15. The molecular weight excluding hydrogens is 338 g/mol. The number of nitrogens with one attached hydrogen (secondary N) is 1. The third-order valence-electron chi connectivity index (χ3n) is 3.73. The molecule has 118 valence electrons. The van der Waals surface area contributed by atoms with Crippen LogP contribution in [0.2, 0.25) is 5.28 Å². The summed E-state index contributed by atoms with van der Waals surface area (Å²) in [6.07, 6.45) is 0. The second-order valence-electron chi connectivity index (χ2n) is 5.38. The van der Waals surface area contributed by atoms with Gasteiger partial charge in [-0.2, -0.15) is 0 Å². The van der Waals surface area contributed by atoms with Gasteiger partial charge in [0.05, 0.1) is 5.39 Å². The summed E-state index contributed by atoms with van der Waals surface area (Å²) in [6, 6.07) is 22.6. The van der Waals surface area contributed by atoms with Crippen LogP contribution in [0.25, 0.3) is 20.7 Å². The van der Waals surface area contributed by atoms with Crippen molar-refractivity contribution in [3.8, 4) is 10.4 Å². The molecule has 0 saturated carbocycles. The summed E-state index contributed by atoms with van der Waals surface area (Å²) in [4.78, 5) is 10.8. The fourth-order valence-electron chi connectivity index (χ4n) is 2.56. The van der Waals surface area contributed by atoms with Crippen LogP contribution in [0, 0.1) is 0 Å². The molecule has 24 heavy (non-hydrogen) atoms. The first-order chi connectivity index (χ1) is 11.8. The van der Waals surface area contributed by atoms with Gasteiger partial charge in [-0.05, 0) is 28.8 Å². The van der Waals surface area contributed by atoms with Crippen LogP contribution in [0.4, 0.5) is 5.82 Å². The predicted octanol–water partition coefficient (Wildman–Crippen LogP) is 5.62. The van der Waals surface area contributed by atoms with Crippen molar-refractivity contribution in [1.82, 2.24) is 9.97 Å². The van der Waals surface area contributed by atoms with Crippen molar-refractivity contribution in [2.75, 3.05) is 5.32 Å². The molecule has 0 saturated heterocycles. The Morgan fingerprint density at radius 3 is 2.38 bits per heavy atom. The summed E-state index contributed by atoms with van der Waals surface area (Å²) in [7, 11) is 0. The number of fused-ring (bicyclic) bond motifs is 1. The van der Waals surface area contributed by atoms with Gasteiger partial charge in [-0.15, -0.1) is 11.3 Å². The number of thiophene rings is 1. The van der Waals surface area contributed by atoms with Crippen LogP contribution in [0.15, 0.2) is 66.7 Å². The Morgan fingerprint density at radius 1 is 0.917 bits per heavy atom. The van der Waals surface area contributed by atoms with E-state index in [1.165, 1.54) is 11.1 Å². The molecule has 3 nitrogen and oxygen atoms in total. The lowest BCUT2D eigenvalue weighted by Crippen LogP contribution is -2.02. The van der Waals surface area contributed by atoms with Gasteiger partial charge in [-0.3, -0.25) is 0 Å².